The van der Waals surface area contributed by atoms with Crippen LogP contribution in [-0.2, 0) is 0 Å². The van der Waals surface area contributed by atoms with Gasteiger partial charge in [-0.05, 0) is 24.3 Å². The summed E-state index contributed by atoms with van der Waals surface area (Å²) < 4.78 is 5.33. The molecule has 0 spiro atoms. The molecule has 0 saturated carbocycles. The summed E-state index contributed by atoms with van der Waals surface area (Å²) in [7, 11) is 0. The Morgan fingerprint density at radius 2 is 1.82 bits per heavy atom. The van der Waals surface area contributed by atoms with Crippen LogP contribution in [0.5, 0.6) is 11.8 Å². The van der Waals surface area contributed by atoms with E-state index >= 15 is 0 Å². The predicted octanol–water partition coefficient (Wildman–Crippen LogP) is 1.95. The summed E-state index contributed by atoms with van der Waals surface area (Å²) in [4.78, 5) is 18.1. The van der Waals surface area contributed by atoms with Gasteiger partial charge in [0.2, 0.25) is 0 Å². The van der Waals surface area contributed by atoms with Crippen molar-refractivity contribution in [3.63, 3.8) is 0 Å². The van der Waals surface area contributed by atoms with Crippen molar-refractivity contribution < 1.29 is 9.53 Å². The van der Waals surface area contributed by atoms with Gasteiger partial charge in [0.15, 0.2) is 6.29 Å². The Morgan fingerprint density at radius 3 is 2.35 bits per heavy atom. The number of hydrogen-bond acceptors (Lipinski definition) is 5. The van der Waals surface area contributed by atoms with Crippen LogP contribution in [0.15, 0.2) is 36.7 Å². The second kappa shape index (κ2) is 4.86. The second-order valence-electron chi connectivity index (χ2n) is 3.16. The van der Waals surface area contributed by atoms with Gasteiger partial charge in [0, 0.05) is 12.4 Å². The number of carbonyl (C=O) groups is 1. The quantitative estimate of drug-likeness (QED) is 0.746. The van der Waals surface area contributed by atoms with Gasteiger partial charge in [-0.3, -0.25) is 4.79 Å². The first-order chi connectivity index (χ1) is 8.31. The fourth-order valence-corrected chi connectivity index (χ4v) is 1.14. The Hall–Kier alpha value is -2.74. The van der Waals surface area contributed by atoms with Gasteiger partial charge in [-0.25, -0.2) is 9.97 Å². The standard InChI is InChI=1S/C12H7N3O2/c13-5-9-1-3-11(4-2-9)17-12-14-6-10(8-16)7-15-12/h1-4,6-8H. The van der Waals surface area contributed by atoms with Gasteiger partial charge in [-0.15, -0.1) is 0 Å². The molecule has 1 aromatic heterocycles. The number of ether oxygens (including phenoxy) is 1. The van der Waals surface area contributed by atoms with Gasteiger partial charge >= 0.3 is 6.01 Å². The zero-order valence-corrected chi connectivity index (χ0v) is 8.70. The lowest BCUT2D eigenvalue weighted by atomic mass is 10.2. The number of carbonyl (C=O) groups excluding carboxylic acids is 1. The number of aromatic nitrogens is 2. The Bertz CT molecular complexity index is 556. The highest BCUT2D eigenvalue weighted by Gasteiger charge is 2.00. The van der Waals surface area contributed by atoms with E-state index in [0.29, 0.717) is 23.2 Å². The molecule has 82 valence electrons. The molecule has 0 N–H and O–H groups in total. The van der Waals surface area contributed by atoms with Gasteiger partial charge in [0.05, 0.1) is 17.2 Å². The lowest BCUT2D eigenvalue weighted by Crippen LogP contribution is -1.93. The number of rotatable bonds is 3. The highest BCUT2D eigenvalue weighted by Crippen LogP contribution is 2.17. The highest BCUT2D eigenvalue weighted by molar-refractivity contribution is 5.73. The van der Waals surface area contributed by atoms with E-state index in [-0.39, 0.29) is 6.01 Å². The number of aldehydes is 1. The fourth-order valence-electron chi connectivity index (χ4n) is 1.14. The first kappa shape index (κ1) is 10.8. The summed E-state index contributed by atoms with van der Waals surface area (Å²) in [6.07, 6.45) is 3.41. The monoisotopic (exact) mass is 225 g/mol. The molecule has 0 atom stereocenters. The third kappa shape index (κ3) is 2.63. The maximum absolute atomic E-state index is 10.4. The molecule has 0 radical (unpaired) electrons. The lowest BCUT2D eigenvalue weighted by molar-refractivity contribution is 0.112. The molecule has 2 aromatic rings. The first-order valence-corrected chi connectivity index (χ1v) is 4.77. The van der Waals surface area contributed by atoms with Crippen LogP contribution in [0, 0.1) is 11.3 Å². The number of nitrogens with zero attached hydrogens (tertiary/aromatic N) is 3. The van der Waals surface area contributed by atoms with Crippen LogP contribution < -0.4 is 4.74 Å². The Labute approximate surface area is 97.3 Å². The van der Waals surface area contributed by atoms with Crippen molar-refractivity contribution in [2.45, 2.75) is 0 Å². The summed E-state index contributed by atoms with van der Waals surface area (Å²) in [5.74, 6) is 0.530. The van der Waals surface area contributed by atoms with Gasteiger partial charge < -0.3 is 4.74 Å². The minimum atomic E-state index is 0.153. The summed E-state index contributed by atoms with van der Waals surface area (Å²) in [6, 6.07) is 8.73. The van der Waals surface area contributed by atoms with Crippen molar-refractivity contribution in [3.8, 4) is 17.8 Å². The highest BCUT2D eigenvalue weighted by atomic mass is 16.5. The molecule has 5 heteroatoms. The summed E-state index contributed by atoms with van der Waals surface area (Å²) >= 11 is 0. The SMILES string of the molecule is N#Cc1ccc(Oc2ncc(C=O)cn2)cc1. The zero-order valence-electron chi connectivity index (χ0n) is 8.70. The van der Waals surface area contributed by atoms with E-state index in [4.69, 9.17) is 10.00 Å². The molecule has 0 saturated heterocycles. The van der Waals surface area contributed by atoms with Crippen molar-refractivity contribution in [2.24, 2.45) is 0 Å². The van der Waals surface area contributed by atoms with E-state index in [2.05, 4.69) is 9.97 Å². The van der Waals surface area contributed by atoms with Crippen molar-refractivity contribution >= 4 is 6.29 Å². The third-order valence-corrected chi connectivity index (χ3v) is 1.98. The lowest BCUT2D eigenvalue weighted by Gasteiger charge is -2.02. The van der Waals surface area contributed by atoms with E-state index in [0.717, 1.165) is 0 Å². The van der Waals surface area contributed by atoms with Crippen LogP contribution in [0.3, 0.4) is 0 Å². The van der Waals surface area contributed by atoms with E-state index in [1.807, 2.05) is 6.07 Å². The van der Waals surface area contributed by atoms with Crippen LogP contribution in [-0.4, -0.2) is 16.3 Å². The summed E-state index contributed by atoms with van der Waals surface area (Å²) in [5.41, 5.74) is 0.937. The normalized spacial score (nSPS) is 9.35. The van der Waals surface area contributed by atoms with Crippen molar-refractivity contribution in [3.05, 3.63) is 47.8 Å². The molecule has 1 aromatic carbocycles. The molecule has 0 amide bonds. The summed E-state index contributed by atoms with van der Waals surface area (Å²) in [5, 5.41) is 8.63. The molecular formula is C12H7N3O2. The number of nitriles is 1. The minimum Gasteiger partial charge on any atom is -0.424 e. The molecule has 0 unspecified atom stereocenters. The minimum absolute atomic E-state index is 0.153. The Morgan fingerprint density at radius 1 is 1.18 bits per heavy atom. The van der Waals surface area contributed by atoms with Crippen molar-refractivity contribution in [2.75, 3.05) is 0 Å². The largest absolute Gasteiger partial charge is 0.424 e. The van der Waals surface area contributed by atoms with Crippen molar-refractivity contribution in [1.29, 1.82) is 5.26 Å². The molecule has 0 bridgehead atoms. The smallest absolute Gasteiger partial charge is 0.321 e. The Balaban J connectivity index is 2.14. The second-order valence-corrected chi connectivity index (χ2v) is 3.16. The molecule has 1 heterocycles. The van der Waals surface area contributed by atoms with Crippen LogP contribution in [0.1, 0.15) is 15.9 Å². The maximum atomic E-state index is 10.4. The maximum Gasteiger partial charge on any atom is 0.321 e. The zero-order chi connectivity index (χ0) is 12.1. The molecule has 5 nitrogen and oxygen atoms in total. The molecule has 0 aliphatic carbocycles. The molecule has 17 heavy (non-hydrogen) atoms. The van der Waals surface area contributed by atoms with E-state index in [1.165, 1.54) is 12.4 Å². The van der Waals surface area contributed by atoms with E-state index < -0.39 is 0 Å². The molecular weight excluding hydrogens is 218 g/mol. The topological polar surface area (TPSA) is 75.9 Å². The molecule has 0 aliphatic heterocycles. The number of hydrogen-bond donors (Lipinski definition) is 0. The van der Waals surface area contributed by atoms with Gasteiger partial charge in [-0.1, -0.05) is 0 Å². The van der Waals surface area contributed by atoms with Crippen LogP contribution in [0.25, 0.3) is 0 Å². The van der Waals surface area contributed by atoms with Crippen molar-refractivity contribution in [1.82, 2.24) is 9.97 Å². The van der Waals surface area contributed by atoms with Crippen LogP contribution >= 0.6 is 0 Å². The summed E-state index contributed by atoms with van der Waals surface area (Å²) in [6.45, 7) is 0. The van der Waals surface area contributed by atoms with Gasteiger partial charge in [-0.2, -0.15) is 5.26 Å². The van der Waals surface area contributed by atoms with Gasteiger partial charge in [0.25, 0.3) is 0 Å². The predicted molar refractivity (Wildman–Crippen MR) is 58.7 cm³/mol. The fraction of sp³-hybridized carbons (Fsp3) is 0. The average molecular weight is 225 g/mol. The van der Waals surface area contributed by atoms with Crippen LogP contribution in [0.2, 0.25) is 0 Å². The average Bonchev–Trinajstić information content (AvgIpc) is 2.40. The van der Waals surface area contributed by atoms with Crippen LogP contribution in [0.4, 0.5) is 0 Å². The van der Waals surface area contributed by atoms with E-state index in [9.17, 15) is 4.79 Å². The molecule has 0 fully saturated rings. The third-order valence-electron chi connectivity index (χ3n) is 1.98. The Kier molecular flexibility index (Phi) is 3.08. The first-order valence-electron chi connectivity index (χ1n) is 4.77. The molecule has 0 aliphatic rings. The number of benzene rings is 1. The van der Waals surface area contributed by atoms with E-state index in [1.54, 1.807) is 24.3 Å². The molecule has 2 rings (SSSR count). The van der Waals surface area contributed by atoms with Gasteiger partial charge in [0.1, 0.15) is 5.75 Å².